The van der Waals surface area contributed by atoms with Crippen molar-refractivity contribution in [1.29, 1.82) is 0 Å². The van der Waals surface area contributed by atoms with Crippen LogP contribution in [0.25, 0.3) is 5.65 Å². The average Bonchev–Trinajstić information content (AvgIpc) is 3.02. The third kappa shape index (κ3) is 4.32. The molecular weight excluding hydrogens is 422 g/mol. The number of methoxy groups -OCH3 is 2. The second-order valence-corrected chi connectivity index (χ2v) is 7.91. The van der Waals surface area contributed by atoms with E-state index < -0.39 is 16.1 Å². The molecule has 0 unspecified atom stereocenters. The zero-order chi connectivity index (χ0) is 21.2. The van der Waals surface area contributed by atoms with Gasteiger partial charge in [0, 0.05) is 0 Å². The molecule has 29 heavy (non-hydrogen) atoms. The Morgan fingerprint density at radius 1 is 1.14 bits per heavy atom. The van der Waals surface area contributed by atoms with Crippen LogP contribution in [0.15, 0.2) is 28.3 Å². The summed E-state index contributed by atoms with van der Waals surface area (Å²) < 4.78 is 38.6. The van der Waals surface area contributed by atoms with Crippen LogP contribution in [0.2, 0.25) is 0 Å². The molecule has 0 radical (unpaired) electrons. The highest BCUT2D eigenvalue weighted by Gasteiger charge is 2.27. The summed E-state index contributed by atoms with van der Waals surface area (Å²) in [7, 11) is -1.55. The number of anilines is 1. The van der Waals surface area contributed by atoms with Crippen LogP contribution < -0.4 is 19.5 Å². The second kappa shape index (κ2) is 8.08. The summed E-state index contributed by atoms with van der Waals surface area (Å²) >= 11 is 1.34. The Morgan fingerprint density at radius 3 is 2.38 bits per heavy atom. The fraction of sp³-hybridized carbons (Fsp3) is 0.267. The lowest BCUT2D eigenvalue weighted by molar-refractivity contribution is 0.256. The lowest BCUT2D eigenvalue weighted by Crippen LogP contribution is -2.36. The molecule has 14 heteroatoms. The van der Waals surface area contributed by atoms with Gasteiger partial charge in [0.25, 0.3) is 10.0 Å². The van der Waals surface area contributed by atoms with Crippen molar-refractivity contribution in [1.82, 2.24) is 29.3 Å². The SMILES string of the molecule is COc1cc(OC)nc(NC(=O)NS(=O)(=O)c2c(C)nc3ccc(SC)nn23)n1. The van der Waals surface area contributed by atoms with Gasteiger partial charge >= 0.3 is 6.03 Å². The van der Waals surface area contributed by atoms with Crippen molar-refractivity contribution in [2.45, 2.75) is 17.0 Å². The Morgan fingerprint density at radius 2 is 1.79 bits per heavy atom. The van der Waals surface area contributed by atoms with E-state index in [1.165, 1.54) is 43.5 Å². The molecule has 0 atom stereocenters. The van der Waals surface area contributed by atoms with Gasteiger partial charge in [-0.05, 0) is 25.3 Å². The van der Waals surface area contributed by atoms with Crippen molar-refractivity contribution in [3.05, 3.63) is 23.9 Å². The maximum Gasteiger partial charge on any atom is 0.335 e. The number of carbonyl (C=O) groups excluding carboxylic acids is 1. The number of thioether (sulfide) groups is 1. The average molecular weight is 439 g/mol. The van der Waals surface area contributed by atoms with E-state index in [0.717, 1.165) is 0 Å². The van der Waals surface area contributed by atoms with Crippen molar-refractivity contribution in [3.63, 3.8) is 0 Å². The number of amides is 2. The summed E-state index contributed by atoms with van der Waals surface area (Å²) in [6, 6.07) is 3.68. The highest BCUT2D eigenvalue weighted by Crippen LogP contribution is 2.20. The van der Waals surface area contributed by atoms with E-state index in [9.17, 15) is 13.2 Å². The molecule has 0 saturated carbocycles. The van der Waals surface area contributed by atoms with E-state index in [4.69, 9.17) is 9.47 Å². The number of hydrogen-bond donors (Lipinski definition) is 2. The number of rotatable bonds is 6. The van der Waals surface area contributed by atoms with E-state index in [-0.39, 0.29) is 28.4 Å². The van der Waals surface area contributed by atoms with E-state index in [0.29, 0.717) is 10.7 Å². The fourth-order valence-corrected chi connectivity index (χ4v) is 3.95. The maximum atomic E-state index is 12.8. The topological polar surface area (TPSA) is 150 Å². The number of ether oxygens (including phenoxy) is 2. The largest absolute Gasteiger partial charge is 0.481 e. The lowest BCUT2D eigenvalue weighted by Gasteiger charge is -2.09. The molecular formula is C15H17N7O5S2. The first kappa shape index (κ1) is 20.6. The summed E-state index contributed by atoms with van der Waals surface area (Å²) in [6.07, 6.45) is 1.81. The Hall–Kier alpha value is -3.13. The molecule has 0 fully saturated rings. The highest BCUT2D eigenvalue weighted by atomic mass is 32.2. The predicted octanol–water partition coefficient (Wildman–Crippen LogP) is 1.08. The first-order valence-corrected chi connectivity index (χ1v) is 10.7. The van der Waals surface area contributed by atoms with Crippen LogP contribution >= 0.6 is 11.8 Å². The molecule has 3 aromatic heterocycles. The van der Waals surface area contributed by atoms with Gasteiger partial charge in [0.1, 0.15) is 5.03 Å². The van der Waals surface area contributed by atoms with Gasteiger partial charge in [0.15, 0.2) is 5.65 Å². The summed E-state index contributed by atoms with van der Waals surface area (Å²) in [6.45, 7) is 1.51. The zero-order valence-electron chi connectivity index (χ0n) is 15.8. The number of fused-ring (bicyclic) bond motifs is 1. The number of aromatic nitrogens is 5. The summed E-state index contributed by atoms with van der Waals surface area (Å²) in [5.41, 5.74) is 0.525. The van der Waals surface area contributed by atoms with E-state index in [1.807, 2.05) is 4.72 Å². The van der Waals surface area contributed by atoms with Crippen LogP contribution in [0.5, 0.6) is 11.8 Å². The van der Waals surface area contributed by atoms with Gasteiger partial charge in [0.2, 0.25) is 22.7 Å². The molecule has 0 bridgehead atoms. The highest BCUT2D eigenvalue weighted by molar-refractivity contribution is 7.98. The van der Waals surface area contributed by atoms with E-state index in [1.54, 1.807) is 18.4 Å². The second-order valence-electron chi connectivity index (χ2n) is 5.48. The number of hydrogen-bond acceptors (Lipinski definition) is 10. The molecule has 3 heterocycles. The number of imidazole rings is 1. The number of urea groups is 1. The van der Waals surface area contributed by atoms with Crippen molar-refractivity contribution >= 4 is 39.4 Å². The number of nitrogens with zero attached hydrogens (tertiary/aromatic N) is 5. The normalized spacial score (nSPS) is 11.3. The van der Waals surface area contributed by atoms with Gasteiger partial charge in [-0.1, -0.05) is 0 Å². The molecule has 3 aromatic rings. The van der Waals surface area contributed by atoms with E-state index >= 15 is 0 Å². The van der Waals surface area contributed by atoms with Crippen LogP contribution in [0.3, 0.4) is 0 Å². The molecule has 0 aromatic carbocycles. The fourth-order valence-electron chi connectivity index (χ4n) is 2.39. The van der Waals surface area contributed by atoms with Crippen LogP contribution in [0.1, 0.15) is 5.69 Å². The number of carbonyl (C=O) groups is 1. The van der Waals surface area contributed by atoms with Crippen LogP contribution in [-0.4, -0.2) is 59.5 Å². The maximum absolute atomic E-state index is 12.8. The van der Waals surface area contributed by atoms with Crippen LogP contribution in [-0.2, 0) is 10.0 Å². The lowest BCUT2D eigenvalue weighted by atomic mass is 10.6. The smallest absolute Gasteiger partial charge is 0.335 e. The van der Waals surface area contributed by atoms with Gasteiger partial charge in [-0.25, -0.2) is 14.5 Å². The number of nitrogens with one attached hydrogen (secondary N) is 2. The zero-order valence-corrected chi connectivity index (χ0v) is 17.5. The van der Waals surface area contributed by atoms with Gasteiger partial charge in [-0.3, -0.25) is 5.32 Å². The van der Waals surface area contributed by atoms with Gasteiger partial charge < -0.3 is 9.47 Å². The van der Waals surface area contributed by atoms with Crippen molar-refractivity contribution < 1.29 is 22.7 Å². The molecule has 2 N–H and O–H groups in total. The Balaban J connectivity index is 1.89. The third-order valence-electron chi connectivity index (χ3n) is 3.59. The Bertz CT molecular complexity index is 1160. The molecule has 154 valence electrons. The molecule has 0 aliphatic heterocycles. The van der Waals surface area contributed by atoms with Gasteiger partial charge in [-0.2, -0.15) is 28.0 Å². The van der Waals surface area contributed by atoms with Gasteiger partial charge in [-0.15, -0.1) is 11.8 Å². The molecule has 0 saturated heterocycles. The minimum absolute atomic E-state index is 0.126. The molecule has 0 spiro atoms. The molecule has 0 aliphatic carbocycles. The summed E-state index contributed by atoms with van der Waals surface area (Å²) in [5.74, 6) is 0.0504. The Labute approximate surface area is 170 Å². The Kier molecular flexibility index (Phi) is 5.74. The minimum Gasteiger partial charge on any atom is -0.481 e. The molecule has 12 nitrogen and oxygen atoms in total. The molecule has 3 rings (SSSR count). The van der Waals surface area contributed by atoms with Crippen LogP contribution in [0.4, 0.5) is 10.7 Å². The van der Waals surface area contributed by atoms with Crippen molar-refractivity contribution in [2.24, 2.45) is 0 Å². The predicted molar refractivity (Wildman–Crippen MR) is 104 cm³/mol. The minimum atomic E-state index is -4.30. The van der Waals surface area contributed by atoms with Crippen LogP contribution in [0, 0.1) is 6.92 Å². The standard InChI is InChI=1S/C15H17N7O5S2/c1-8-13(22-9(16-8)5-6-12(20-22)28-4)29(24,25)21-15(23)19-14-17-10(26-2)7-11(18-14)27-3/h5-7H,1-4H3,(H2,17,18,19,21,23). The monoisotopic (exact) mass is 439 g/mol. The molecule has 0 aliphatic rings. The summed E-state index contributed by atoms with van der Waals surface area (Å²) in [5, 5.41) is 6.80. The first-order chi connectivity index (χ1) is 13.8. The van der Waals surface area contributed by atoms with Crippen molar-refractivity contribution in [2.75, 3.05) is 25.8 Å². The third-order valence-corrected chi connectivity index (χ3v) is 5.66. The van der Waals surface area contributed by atoms with Gasteiger partial charge in [0.05, 0.1) is 26.0 Å². The number of sulfonamides is 1. The van der Waals surface area contributed by atoms with E-state index in [2.05, 4.69) is 25.4 Å². The molecule has 2 amide bonds. The quantitative estimate of drug-likeness (QED) is 0.534. The first-order valence-electron chi connectivity index (χ1n) is 7.98. The number of aryl methyl sites for hydroxylation is 1. The summed E-state index contributed by atoms with van der Waals surface area (Å²) in [4.78, 5) is 24.3. The van der Waals surface area contributed by atoms with Crippen molar-refractivity contribution in [3.8, 4) is 11.8 Å².